The van der Waals surface area contributed by atoms with Gasteiger partial charge in [-0.15, -0.1) is 0 Å². The summed E-state index contributed by atoms with van der Waals surface area (Å²) in [5.74, 6) is -0.130. The molecule has 1 saturated heterocycles. The zero-order chi connectivity index (χ0) is 21.4. The Morgan fingerprint density at radius 3 is 2.68 bits per heavy atom. The average Bonchev–Trinajstić information content (AvgIpc) is 3.10. The van der Waals surface area contributed by atoms with Crippen LogP contribution >= 0.6 is 11.6 Å². The van der Waals surface area contributed by atoms with Crippen molar-refractivity contribution in [2.75, 3.05) is 26.3 Å². The van der Waals surface area contributed by atoms with E-state index < -0.39 is 0 Å². The zero-order valence-electron chi connectivity index (χ0n) is 16.8. The van der Waals surface area contributed by atoms with Gasteiger partial charge in [-0.25, -0.2) is 4.68 Å². The van der Waals surface area contributed by atoms with E-state index in [-0.39, 0.29) is 18.0 Å². The molecule has 2 aromatic heterocycles. The van der Waals surface area contributed by atoms with Crippen LogP contribution in [0.4, 0.5) is 0 Å². The minimum atomic E-state index is -0.280. The maximum absolute atomic E-state index is 13.5. The van der Waals surface area contributed by atoms with Gasteiger partial charge in [-0.1, -0.05) is 41.9 Å². The third-order valence-corrected chi connectivity index (χ3v) is 5.89. The first-order valence-corrected chi connectivity index (χ1v) is 10.6. The molecule has 31 heavy (non-hydrogen) atoms. The molecule has 2 aromatic carbocycles. The van der Waals surface area contributed by atoms with E-state index in [4.69, 9.17) is 16.3 Å². The number of hydrogen-bond donors (Lipinski definition) is 0. The second kappa shape index (κ2) is 8.17. The summed E-state index contributed by atoms with van der Waals surface area (Å²) < 4.78 is 8.54. The predicted molar refractivity (Wildman–Crippen MR) is 119 cm³/mol. The van der Waals surface area contributed by atoms with Crippen molar-refractivity contribution in [3.8, 4) is 0 Å². The van der Waals surface area contributed by atoms with Gasteiger partial charge in [-0.3, -0.25) is 9.59 Å². The third kappa shape index (κ3) is 3.71. The highest BCUT2D eigenvalue weighted by Crippen LogP contribution is 2.27. The number of para-hydroxylation sites is 1. The molecule has 0 spiro atoms. The number of ether oxygens (including phenoxy) is 1. The first kappa shape index (κ1) is 19.8. The highest BCUT2D eigenvalue weighted by atomic mass is 35.5. The molecule has 158 valence electrons. The molecule has 1 fully saturated rings. The summed E-state index contributed by atoms with van der Waals surface area (Å²) in [6, 6.07) is 15.5. The monoisotopic (exact) mass is 436 g/mol. The van der Waals surface area contributed by atoms with Gasteiger partial charge in [0.1, 0.15) is 12.1 Å². The number of amides is 1. The Morgan fingerprint density at radius 2 is 1.87 bits per heavy atom. The summed E-state index contributed by atoms with van der Waals surface area (Å²) in [5.41, 5.74) is 2.18. The SMILES string of the molecule is O=C(Cn1ncc2c3ccccc3n(Cc3cccc(Cl)c3)c2c1=O)N1CCOCC1. The number of aromatic nitrogens is 3. The number of benzene rings is 2. The van der Waals surface area contributed by atoms with Crippen LogP contribution in [0.5, 0.6) is 0 Å². The van der Waals surface area contributed by atoms with Crippen molar-refractivity contribution in [2.45, 2.75) is 13.1 Å². The number of halogens is 1. The number of nitrogens with zero attached hydrogens (tertiary/aromatic N) is 4. The van der Waals surface area contributed by atoms with Gasteiger partial charge in [0.05, 0.1) is 19.4 Å². The third-order valence-electron chi connectivity index (χ3n) is 5.65. The molecule has 0 saturated carbocycles. The van der Waals surface area contributed by atoms with E-state index in [1.165, 1.54) is 4.68 Å². The van der Waals surface area contributed by atoms with Crippen molar-refractivity contribution >= 4 is 39.3 Å². The predicted octanol–water partition coefficient (Wildman–Crippen LogP) is 2.91. The van der Waals surface area contributed by atoms with Gasteiger partial charge < -0.3 is 14.2 Å². The van der Waals surface area contributed by atoms with Crippen LogP contribution in [-0.4, -0.2) is 51.5 Å². The van der Waals surface area contributed by atoms with Crippen LogP contribution in [-0.2, 0) is 22.6 Å². The standard InChI is InChI=1S/C23H21ClN4O3/c24-17-5-3-4-16(12-17)14-27-20-7-2-1-6-18(20)19-13-25-28(23(30)22(19)27)15-21(29)26-8-10-31-11-9-26/h1-7,12-13H,8-11,14-15H2. The lowest BCUT2D eigenvalue weighted by Gasteiger charge is -2.26. The molecule has 1 aliphatic rings. The number of rotatable bonds is 4. The summed E-state index contributed by atoms with van der Waals surface area (Å²) in [6.45, 7) is 2.49. The fourth-order valence-electron chi connectivity index (χ4n) is 4.13. The molecule has 1 amide bonds. The van der Waals surface area contributed by atoms with E-state index in [1.54, 1.807) is 11.1 Å². The van der Waals surface area contributed by atoms with Gasteiger partial charge >= 0.3 is 0 Å². The average molecular weight is 437 g/mol. The van der Waals surface area contributed by atoms with Gasteiger partial charge in [-0.05, 0) is 23.8 Å². The molecular weight excluding hydrogens is 416 g/mol. The van der Waals surface area contributed by atoms with E-state index in [2.05, 4.69) is 5.10 Å². The van der Waals surface area contributed by atoms with Crippen molar-refractivity contribution in [2.24, 2.45) is 0 Å². The molecular formula is C23H21ClN4O3. The molecule has 0 aliphatic carbocycles. The van der Waals surface area contributed by atoms with Crippen molar-refractivity contribution in [3.05, 3.63) is 75.7 Å². The minimum absolute atomic E-state index is 0.0898. The second-order valence-electron chi connectivity index (χ2n) is 7.60. The van der Waals surface area contributed by atoms with Gasteiger partial charge in [-0.2, -0.15) is 5.10 Å². The molecule has 8 heteroatoms. The Labute approximate surface area is 183 Å². The number of morpholine rings is 1. The van der Waals surface area contributed by atoms with E-state index in [9.17, 15) is 9.59 Å². The molecule has 7 nitrogen and oxygen atoms in total. The number of hydrogen-bond acceptors (Lipinski definition) is 4. The number of carbonyl (C=O) groups excluding carboxylic acids is 1. The highest BCUT2D eigenvalue weighted by molar-refractivity contribution is 6.30. The van der Waals surface area contributed by atoms with Gasteiger partial charge in [0.2, 0.25) is 5.91 Å². The van der Waals surface area contributed by atoms with Crippen LogP contribution in [0.3, 0.4) is 0 Å². The topological polar surface area (TPSA) is 69.4 Å². The number of fused-ring (bicyclic) bond motifs is 3. The molecule has 0 N–H and O–H groups in total. The molecule has 1 aliphatic heterocycles. The van der Waals surface area contributed by atoms with Crippen molar-refractivity contribution < 1.29 is 9.53 Å². The minimum Gasteiger partial charge on any atom is -0.378 e. The molecule has 4 aromatic rings. The lowest BCUT2D eigenvalue weighted by Crippen LogP contribution is -2.43. The maximum Gasteiger partial charge on any atom is 0.291 e. The quantitative estimate of drug-likeness (QED) is 0.493. The summed E-state index contributed by atoms with van der Waals surface area (Å²) in [7, 11) is 0. The lowest BCUT2D eigenvalue weighted by atomic mass is 10.2. The van der Waals surface area contributed by atoms with E-state index in [0.29, 0.717) is 43.4 Å². The van der Waals surface area contributed by atoms with Crippen LogP contribution in [0.15, 0.2) is 59.5 Å². The van der Waals surface area contributed by atoms with Gasteiger partial charge in [0.15, 0.2) is 0 Å². The van der Waals surface area contributed by atoms with E-state index >= 15 is 0 Å². The fourth-order valence-corrected chi connectivity index (χ4v) is 4.34. The largest absolute Gasteiger partial charge is 0.378 e. The Kier molecular flexibility index (Phi) is 5.21. The first-order valence-electron chi connectivity index (χ1n) is 10.2. The Balaban J connectivity index is 1.61. The van der Waals surface area contributed by atoms with Crippen molar-refractivity contribution in [1.29, 1.82) is 0 Å². The van der Waals surface area contributed by atoms with Crippen molar-refractivity contribution in [1.82, 2.24) is 19.2 Å². The smallest absolute Gasteiger partial charge is 0.291 e. The highest BCUT2D eigenvalue weighted by Gasteiger charge is 2.21. The molecule has 0 bridgehead atoms. The normalized spacial score (nSPS) is 14.4. The van der Waals surface area contributed by atoms with E-state index in [0.717, 1.165) is 21.9 Å². The van der Waals surface area contributed by atoms with Crippen LogP contribution in [0.1, 0.15) is 5.56 Å². The molecule has 5 rings (SSSR count). The molecule has 0 unspecified atom stereocenters. The summed E-state index contributed by atoms with van der Waals surface area (Å²) in [6.07, 6.45) is 1.68. The van der Waals surface area contributed by atoms with Gasteiger partial charge in [0.25, 0.3) is 5.56 Å². The van der Waals surface area contributed by atoms with E-state index in [1.807, 2.05) is 53.1 Å². The lowest BCUT2D eigenvalue weighted by molar-refractivity contribution is -0.136. The summed E-state index contributed by atoms with van der Waals surface area (Å²) in [5, 5.41) is 6.69. The van der Waals surface area contributed by atoms with Gasteiger partial charge in [0, 0.05) is 40.9 Å². The Bertz CT molecular complexity index is 1340. The molecule has 0 radical (unpaired) electrons. The Hall–Kier alpha value is -3.16. The Morgan fingerprint density at radius 1 is 1.06 bits per heavy atom. The fraction of sp³-hybridized carbons (Fsp3) is 0.261. The molecule has 3 heterocycles. The molecule has 0 atom stereocenters. The second-order valence-corrected chi connectivity index (χ2v) is 8.03. The van der Waals surface area contributed by atoms with Crippen molar-refractivity contribution in [3.63, 3.8) is 0 Å². The van der Waals surface area contributed by atoms with Crippen LogP contribution in [0.2, 0.25) is 5.02 Å². The zero-order valence-corrected chi connectivity index (χ0v) is 17.6. The van der Waals surface area contributed by atoms with Crippen LogP contribution in [0, 0.1) is 0 Å². The summed E-state index contributed by atoms with van der Waals surface area (Å²) in [4.78, 5) is 27.9. The van der Waals surface area contributed by atoms with Crippen LogP contribution in [0.25, 0.3) is 21.8 Å². The summed E-state index contributed by atoms with van der Waals surface area (Å²) >= 11 is 6.17. The maximum atomic E-state index is 13.5. The van der Waals surface area contributed by atoms with Crippen LogP contribution < -0.4 is 5.56 Å². The first-order chi connectivity index (χ1) is 15.1. The number of carbonyl (C=O) groups is 1.